The van der Waals surface area contributed by atoms with E-state index >= 15 is 0 Å². The lowest BCUT2D eigenvalue weighted by Crippen LogP contribution is -2.05. The van der Waals surface area contributed by atoms with Crippen molar-refractivity contribution in [1.29, 1.82) is 0 Å². The van der Waals surface area contributed by atoms with Gasteiger partial charge in [0.05, 0.1) is 6.10 Å². The lowest BCUT2D eigenvalue weighted by molar-refractivity contribution is 0.239. The normalized spacial score (nSPS) is 10.5. The van der Waals surface area contributed by atoms with Crippen LogP contribution in [0.2, 0.25) is 0 Å². The van der Waals surface area contributed by atoms with Crippen LogP contribution >= 0.6 is 0 Å². The van der Waals surface area contributed by atoms with E-state index in [0.717, 1.165) is 11.5 Å². The first-order valence-electron chi connectivity index (χ1n) is 6.58. The zero-order valence-corrected chi connectivity index (χ0v) is 11.7. The fourth-order valence-electron chi connectivity index (χ4n) is 1.76. The van der Waals surface area contributed by atoms with Crippen molar-refractivity contribution >= 4 is 0 Å². The molecular formula is C17H20O2. The molecule has 0 fully saturated rings. The summed E-state index contributed by atoms with van der Waals surface area (Å²) in [6.45, 7) is 6.68. The van der Waals surface area contributed by atoms with E-state index in [-0.39, 0.29) is 6.10 Å². The van der Waals surface area contributed by atoms with Crippen LogP contribution in [-0.4, -0.2) is 6.10 Å². The highest BCUT2D eigenvalue weighted by Crippen LogP contribution is 2.21. The van der Waals surface area contributed by atoms with Gasteiger partial charge in [0.2, 0.25) is 0 Å². The van der Waals surface area contributed by atoms with Gasteiger partial charge < -0.3 is 9.47 Å². The highest BCUT2D eigenvalue weighted by Gasteiger charge is 2.01. The van der Waals surface area contributed by atoms with Gasteiger partial charge in [0, 0.05) is 6.07 Å². The van der Waals surface area contributed by atoms with Crippen molar-refractivity contribution in [3.8, 4) is 11.5 Å². The molecule has 100 valence electrons. The summed E-state index contributed by atoms with van der Waals surface area (Å²) >= 11 is 0. The van der Waals surface area contributed by atoms with E-state index in [1.54, 1.807) is 0 Å². The molecule has 0 aliphatic rings. The molecule has 0 heterocycles. The molecule has 0 unspecified atom stereocenters. The molecule has 2 nitrogen and oxygen atoms in total. The predicted molar refractivity (Wildman–Crippen MR) is 77.7 cm³/mol. The Hall–Kier alpha value is -1.96. The quantitative estimate of drug-likeness (QED) is 0.791. The average molecular weight is 256 g/mol. The van der Waals surface area contributed by atoms with Crippen LogP contribution in [0.15, 0.2) is 48.5 Å². The number of benzene rings is 2. The fourth-order valence-corrected chi connectivity index (χ4v) is 1.76. The van der Waals surface area contributed by atoms with Crippen molar-refractivity contribution in [3.05, 3.63) is 59.7 Å². The van der Waals surface area contributed by atoms with Crippen LogP contribution in [0.1, 0.15) is 25.0 Å². The first-order chi connectivity index (χ1) is 9.13. The van der Waals surface area contributed by atoms with E-state index in [1.807, 2.05) is 38.1 Å². The Kier molecular flexibility index (Phi) is 4.45. The fraction of sp³-hybridized carbons (Fsp3) is 0.294. The molecule has 0 amide bonds. The Morgan fingerprint density at radius 3 is 2.32 bits per heavy atom. The average Bonchev–Trinajstić information content (AvgIpc) is 2.38. The van der Waals surface area contributed by atoms with Crippen molar-refractivity contribution in [2.24, 2.45) is 0 Å². The summed E-state index contributed by atoms with van der Waals surface area (Å²) in [5, 5.41) is 0. The SMILES string of the molecule is Cc1ccc(COc2cccc(OC(C)C)c2)cc1. The summed E-state index contributed by atoms with van der Waals surface area (Å²) in [6.07, 6.45) is 0.173. The summed E-state index contributed by atoms with van der Waals surface area (Å²) in [5.41, 5.74) is 2.43. The zero-order chi connectivity index (χ0) is 13.7. The molecule has 0 aliphatic carbocycles. The summed E-state index contributed by atoms with van der Waals surface area (Å²) in [6, 6.07) is 16.1. The van der Waals surface area contributed by atoms with Gasteiger partial charge in [0.15, 0.2) is 0 Å². The van der Waals surface area contributed by atoms with Crippen molar-refractivity contribution < 1.29 is 9.47 Å². The Labute approximate surface area is 115 Å². The molecule has 0 atom stereocenters. The third-order valence-corrected chi connectivity index (χ3v) is 2.70. The molecule has 0 saturated carbocycles. The van der Waals surface area contributed by atoms with E-state index in [9.17, 15) is 0 Å². The molecule has 2 aromatic rings. The van der Waals surface area contributed by atoms with E-state index in [0.29, 0.717) is 6.61 Å². The van der Waals surface area contributed by atoms with Gasteiger partial charge in [0.1, 0.15) is 18.1 Å². The second-order valence-electron chi connectivity index (χ2n) is 4.92. The van der Waals surface area contributed by atoms with Crippen LogP contribution in [0.25, 0.3) is 0 Å². The Bertz CT molecular complexity index is 515. The topological polar surface area (TPSA) is 18.5 Å². The largest absolute Gasteiger partial charge is 0.491 e. The molecule has 0 radical (unpaired) electrons. The first kappa shape index (κ1) is 13.5. The van der Waals surface area contributed by atoms with Gasteiger partial charge >= 0.3 is 0 Å². The van der Waals surface area contributed by atoms with Crippen LogP contribution in [0, 0.1) is 6.92 Å². The van der Waals surface area contributed by atoms with E-state index in [4.69, 9.17) is 9.47 Å². The lowest BCUT2D eigenvalue weighted by atomic mass is 10.2. The molecule has 0 aromatic heterocycles. The molecule has 2 rings (SSSR count). The van der Waals surface area contributed by atoms with Crippen LogP contribution < -0.4 is 9.47 Å². The molecule has 2 aromatic carbocycles. The highest BCUT2D eigenvalue weighted by molar-refractivity contribution is 5.33. The zero-order valence-electron chi connectivity index (χ0n) is 11.7. The smallest absolute Gasteiger partial charge is 0.123 e. The number of ether oxygens (including phenoxy) is 2. The second kappa shape index (κ2) is 6.28. The van der Waals surface area contributed by atoms with Gasteiger partial charge in [-0.25, -0.2) is 0 Å². The maximum Gasteiger partial charge on any atom is 0.123 e. The van der Waals surface area contributed by atoms with Gasteiger partial charge in [-0.15, -0.1) is 0 Å². The first-order valence-corrected chi connectivity index (χ1v) is 6.58. The molecular weight excluding hydrogens is 236 g/mol. The van der Waals surface area contributed by atoms with E-state index in [1.165, 1.54) is 11.1 Å². The lowest BCUT2D eigenvalue weighted by Gasteiger charge is -2.11. The highest BCUT2D eigenvalue weighted by atomic mass is 16.5. The standard InChI is InChI=1S/C17H20O2/c1-13(2)19-17-6-4-5-16(11-17)18-12-15-9-7-14(3)8-10-15/h4-11,13H,12H2,1-3H3. The third-order valence-electron chi connectivity index (χ3n) is 2.70. The van der Waals surface area contributed by atoms with Gasteiger partial charge in [-0.2, -0.15) is 0 Å². The molecule has 0 bridgehead atoms. The summed E-state index contributed by atoms with van der Waals surface area (Å²) < 4.78 is 11.4. The van der Waals surface area contributed by atoms with Crippen LogP contribution in [0.3, 0.4) is 0 Å². The third kappa shape index (κ3) is 4.32. The van der Waals surface area contributed by atoms with Crippen molar-refractivity contribution in [2.45, 2.75) is 33.5 Å². The van der Waals surface area contributed by atoms with Gasteiger partial charge in [-0.1, -0.05) is 35.9 Å². The summed E-state index contributed by atoms with van der Waals surface area (Å²) in [5.74, 6) is 1.68. The molecule has 0 N–H and O–H groups in total. The molecule has 0 aliphatic heterocycles. The van der Waals surface area contributed by atoms with E-state index < -0.39 is 0 Å². The predicted octanol–water partition coefficient (Wildman–Crippen LogP) is 4.36. The monoisotopic (exact) mass is 256 g/mol. The summed E-state index contributed by atoms with van der Waals surface area (Å²) in [7, 11) is 0. The van der Waals surface area contributed by atoms with Crippen LogP contribution in [-0.2, 0) is 6.61 Å². The van der Waals surface area contributed by atoms with E-state index in [2.05, 4.69) is 31.2 Å². The van der Waals surface area contributed by atoms with Crippen molar-refractivity contribution in [3.63, 3.8) is 0 Å². The maximum absolute atomic E-state index is 5.77. The number of rotatable bonds is 5. The molecule has 0 spiro atoms. The molecule has 19 heavy (non-hydrogen) atoms. The number of hydrogen-bond donors (Lipinski definition) is 0. The Morgan fingerprint density at radius 2 is 1.63 bits per heavy atom. The molecule has 2 heteroatoms. The van der Waals surface area contributed by atoms with Gasteiger partial charge in [0.25, 0.3) is 0 Å². The van der Waals surface area contributed by atoms with Crippen molar-refractivity contribution in [1.82, 2.24) is 0 Å². The Balaban J connectivity index is 1.97. The van der Waals surface area contributed by atoms with Crippen molar-refractivity contribution in [2.75, 3.05) is 0 Å². The number of aryl methyl sites for hydroxylation is 1. The second-order valence-corrected chi connectivity index (χ2v) is 4.92. The summed E-state index contributed by atoms with van der Waals surface area (Å²) in [4.78, 5) is 0. The minimum Gasteiger partial charge on any atom is -0.491 e. The maximum atomic E-state index is 5.77. The molecule has 0 saturated heterocycles. The van der Waals surface area contributed by atoms with Crippen LogP contribution in [0.4, 0.5) is 0 Å². The van der Waals surface area contributed by atoms with Crippen LogP contribution in [0.5, 0.6) is 11.5 Å². The number of hydrogen-bond acceptors (Lipinski definition) is 2. The Morgan fingerprint density at radius 1 is 0.947 bits per heavy atom. The van der Waals surface area contributed by atoms with Gasteiger partial charge in [-0.05, 0) is 38.5 Å². The minimum atomic E-state index is 0.173. The minimum absolute atomic E-state index is 0.173. The van der Waals surface area contributed by atoms with Gasteiger partial charge in [-0.3, -0.25) is 0 Å².